The molecule has 2 heterocycles. The van der Waals surface area contributed by atoms with Crippen molar-refractivity contribution in [3.05, 3.63) is 82.1 Å². The lowest BCUT2D eigenvalue weighted by Gasteiger charge is -2.04. The van der Waals surface area contributed by atoms with Crippen LogP contribution < -0.4 is 0 Å². The van der Waals surface area contributed by atoms with Crippen molar-refractivity contribution in [1.82, 2.24) is 9.97 Å². The monoisotopic (exact) mass is 350 g/mol. The number of nitrogens with zero attached hydrogens (tertiary/aromatic N) is 2. The minimum atomic E-state index is 0.467. The number of halogens is 2. The molecule has 2 aromatic heterocycles. The molecule has 0 aliphatic carbocycles. The quantitative estimate of drug-likeness (QED) is 0.398. The molecule has 2 nitrogen and oxygen atoms in total. The van der Waals surface area contributed by atoms with Crippen molar-refractivity contribution in [2.24, 2.45) is 0 Å². The third-order valence-corrected chi connectivity index (χ3v) is 4.46. The zero-order valence-electron chi connectivity index (χ0n) is 12.6. The molecule has 0 aliphatic rings. The summed E-state index contributed by atoms with van der Waals surface area (Å²) in [6.07, 6.45) is 3.83. The van der Waals surface area contributed by atoms with Crippen LogP contribution in [0.3, 0.4) is 0 Å². The maximum Gasteiger partial charge on any atom is 0.136 e. The Morgan fingerprint density at radius 3 is 1.50 bits per heavy atom. The fourth-order valence-electron chi connectivity index (χ4n) is 2.63. The normalized spacial score (nSPS) is 11.6. The van der Waals surface area contributed by atoms with Gasteiger partial charge in [0.1, 0.15) is 10.3 Å². The van der Waals surface area contributed by atoms with Crippen LogP contribution in [0.5, 0.6) is 0 Å². The molecule has 0 unspecified atom stereocenters. The number of hydrogen-bond acceptors (Lipinski definition) is 2. The van der Waals surface area contributed by atoms with E-state index in [4.69, 9.17) is 23.2 Å². The zero-order valence-corrected chi connectivity index (χ0v) is 14.1. The Balaban J connectivity index is 1.77. The van der Waals surface area contributed by atoms with E-state index in [1.807, 2.05) is 72.8 Å². The summed E-state index contributed by atoms with van der Waals surface area (Å²) in [5, 5.41) is 3.03. The van der Waals surface area contributed by atoms with E-state index in [2.05, 4.69) is 9.97 Å². The molecule has 116 valence electrons. The van der Waals surface area contributed by atoms with Crippen LogP contribution in [0.1, 0.15) is 11.1 Å². The minimum absolute atomic E-state index is 0.467. The van der Waals surface area contributed by atoms with Gasteiger partial charge in [0.25, 0.3) is 0 Å². The van der Waals surface area contributed by atoms with Gasteiger partial charge in [0.15, 0.2) is 0 Å². The van der Waals surface area contributed by atoms with Crippen molar-refractivity contribution in [3.8, 4) is 0 Å². The Morgan fingerprint density at radius 1 is 0.625 bits per heavy atom. The van der Waals surface area contributed by atoms with Crippen molar-refractivity contribution in [1.29, 1.82) is 0 Å². The lowest BCUT2D eigenvalue weighted by Crippen LogP contribution is -1.86. The lowest BCUT2D eigenvalue weighted by atomic mass is 10.1. The first-order valence-corrected chi connectivity index (χ1v) is 8.25. The SMILES string of the molecule is Clc1nc2ccccc2cc1/C=C\c1cc2ccccc2nc1Cl. The fraction of sp³-hybridized carbons (Fsp3) is 0. The Morgan fingerprint density at radius 2 is 1.04 bits per heavy atom. The van der Waals surface area contributed by atoms with E-state index < -0.39 is 0 Å². The standard InChI is InChI=1S/C20H12Cl2N2/c21-19-15(11-13-5-1-3-7-17(13)23-19)9-10-16-12-14-6-2-4-8-18(14)24-20(16)22/h1-12H/b10-9-. The summed E-state index contributed by atoms with van der Waals surface area (Å²) < 4.78 is 0. The largest absolute Gasteiger partial charge is 0.235 e. The van der Waals surface area contributed by atoms with Crippen molar-refractivity contribution in [3.63, 3.8) is 0 Å². The van der Waals surface area contributed by atoms with Gasteiger partial charge >= 0.3 is 0 Å². The summed E-state index contributed by atoms with van der Waals surface area (Å²) in [4.78, 5) is 8.85. The second-order valence-electron chi connectivity index (χ2n) is 5.46. The molecule has 0 radical (unpaired) electrons. The minimum Gasteiger partial charge on any atom is -0.235 e. The third-order valence-electron chi connectivity index (χ3n) is 3.85. The van der Waals surface area contributed by atoms with Crippen molar-refractivity contribution in [2.45, 2.75) is 0 Å². The number of rotatable bonds is 2. The van der Waals surface area contributed by atoms with E-state index >= 15 is 0 Å². The molecule has 0 saturated carbocycles. The molecule has 2 aromatic carbocycles. The molecule has 0 fully saturated rings. The van der Waals surface area contributed by atoms with E-state index in [0.29, 0.717) is 10.3 Å². The van der Waals surface area contributed by atoms with Crippen molar-refractivity contribution in [2.75, 3.05) is 0 Å². The Bertz CT molecular complexity index is 1000. The van der Waals surface area contributed by atoms with Crippen molar-refractivity contribution < 1.29 is 0 Å². The van der Waals surface area contributed by atoms with Crippen LogP contribution in [0, 0.1) is 0 Å². The van der Waals surface area contributed by atoms with Gasteiger partial charge in [-0.1, -0.05) is 71.8 Å². The molecule has 0 amide bonds. The summed E-state index contributed by atoms with van der Waals surface area (Å²) in [7, 11) is 0. The molecule has 4 heteroatoms. The van der Waals surface area contributed by atoms with Crippen LogP contribution in [0.2, 0.25) is 10.3 Å². The summed E-state index contributed by atoms with van der Waals surface area (Å²) in [5.74, 6) is 0. The molecular weight excluding hydrogens is 339 g/mol. The molecule has 0 aliphatic heterocycles. The zero-order chi connectivity index (χ0) is 16.5. The molecule has 0 N–H and O–H groups in total. The number of benzene rings is 2. The highest BCUT2D eigenvalue weighted by atomic mass is 35.5. The highest BCUT2D eigenvalue weighted by molar-refractivity contribution is 6.32. The van der Waals surface area contributed by atoms with Gasteiger partial charge < -0.3 is 0 Å². The number of hydrogen-bond donors (Lipinski definition) is 0. The maximum absolute atomic E-state index is 6.29. The van der Waals surface area contributed by atoms with Crippen LogP contribution in [-0.2, 0) is 0 Å². The van der Waals surface area contributed by atoms with Gasteiger partial charge in [0, 0.05) is 21.9 Å². The smallest absolute Gasteiger partial charge is 0.136 e. The van der Waals surface area contributed by atoms with Gasteiger partial charge in [-0.25, -0.2) is 9.97 Å². The van der Waals surface area contributed by atoms with Crippen LogP contribution in [-0.4, -0.2) is 9.97 Å². The van der Waals surface area contributed by atoms with Crippen LogP contribution in [0.25, 0.3) is 34.0 Å². The Hall–Kier alpha value is -2.42. The van der Waals surface area contributed by atoms with Gasteiger partial charge in [-0.2, -0.15) is 0 Å². The van der Waals surface area contributed by atoms with Gasteiger partial charge in [-0.15, -0.1) is 0 Å². The molecule has 0 saturated heterocycles. The lowest BCUT2D eigenvalue weighted by molar-refractivity contribution is 1.39. The predicted molar refractivity (Wildman–Crippen MR) is 102 cm³/mol. The van der Waals surface area contributed by atoms with Crippen LogP contribution >= 0.6 is 23.2 Å². The molecule has 4 rings (SSSR count). The van der Waals surface area contributed by atoms with Gasteiger partial charge in [0.2, 0.25) is 0 Å². The summed E-state index contributed by atoms with van der Waals surface area (Å²) in [6.45, 7) is 0. The first-order valence-electron chi connectivity index (χ1n) is 7.49. The molecule has 4 aromatic rings. The number of aromatic nitrogens is 2. The van der Waals surface area contributed by atoms with E-state index in [9.17, 15) is 0 Å². The predicted octanol–water partition coefficient (Wildman–Crippen LogP) is 6.26. The van der Waals surface area contributed by atoms with E-state index in [1.54, 1.807) is 0 Å². The van der Waals surface area contributed by atoms with E-state index in [0.717, 1.165) is 32.9 Å². The number of pyridine rings is 2. The summed E-state index contributed by atoms with van der Waals surface area (Å²) in [5.41, 5.74) is 3.45. The average Bonchev–Trinajstić information content (AvgIpc) is 2.60. The number of fused-ring (bicyclic) bond motifs is 2. The van der Waals surface area contributed by atoms with Crippen LogP contribution in [0.4, 0.5) is 0 Å². The first-order chi connectivity index (χ1) is 11.7. The summed E-state index contributed by atoms with van der Waals surface area (Å²) >= 11 is 12.6. The van der Waals surface area contributed by atoms with E-state index in [-0.39, 0.29) is 0 Å². The second kappa shape index (κ2) is 6.23. The van der Waals surface area contributed by atoms with Gasteiger partial charge in [-0.3, -0.25) is 0 Å². The molecular formula is C20H12Cl2N2. The Labute approximate surface area is 149 Å². The first kappa shape index (κ1) is 15.1. The molecule has 0 spiro atoms. The third kappa shape index (κ3) is 2.86. The average molecular weight is 351 g/mol. The van der Waals surface area contributed by atoms with Gasteiger partial charge in [-0.05, 0) is 24.3 Å². The van der Waals surface area contributed by atoms with Gasteiger partial charge in [0.05, 0.1) is 11.0 Å². The van der Waals surface area contributed by atoms with E-state index in [1.165, 1.54) is 0 Å². The molecule has 0 atom stereocenters. The highest BCUT2D eigenvalue weighted by Gasteiger charge is 2.04. The molecule has 0 bridgehead atoms. The number of para-hydroxylation sites is 2. The Kier molecular flexibility index (Phi) is 3.93. The summed E-state index contributed by atoms with van der Waals surface area (Å²) in [6, 6.07) is 19.8. The van der Waals surface area contributed by atoms with Crippen molar-refractivity contribution >= 4 is 57.2 Å². The fourth-order valence-corrected chi connectivity index (χ4v) is 3.05. The maximum atomic E-state index is 6.29. The second-order valence-corrected chi connectivity index (χ2v) is 6.17. The highest BCUT2D eigenvalue weighted by Crippen LogP contribution is 2.25. The molecule has 24 heavy (non-hydrogen) atoms. The topological polar surface area (TPSA) is 25.8 Å². The van der Waals surface area contributed by atoms with Crippen LogP contribution in [0.15, 0.2) is 60.7 Å².